The molecule has 4 aromatic rings. The number of para-hydroxylation sites is 1. The highest BCUT2D eigenvalue weighted by molar-refractivity contribution is 6.12. The predicted molar refractivity (Wildman–Crippen MR) is 98.9 cm³/mol. The molecule has 4 rings (SSSR count). The highest BCUT2D eigenvalue weighted by Crippen LogP contribution is 2.35. The predicted octanol–water partition coefficient (Wildman–Crippen LogP) is 5.97. The minimum atomic E-state index is 1.04. The summed E-state index contributed by atoms with van der Waals surface area (Å²) < 4.78 is 0. The topological polar surface area (TPSA) is 15.8 Å². The Morgan fingerprint density at radius 2 is 1.65 bits per heavy atom. The molecule has 0 aliphatic carbocycles. The lowest BCUT2D eigenvalue weighted by Gasteiger charge is -2.09. The summed E-state index contributed by atoms with van der Waals surface area (Å²) in [5.74, 6) is 0. The van der Waals surface area contributed by atoms with Crippen LogP contribution < -0.4 is 0 Å². The van der Waals surface area contributed by atoms with Crippen molar-refractivity contribution in [2.75, 3.05) is 0 Å². The zero-order valence-electron chi connectivity index (χ0n) is 13.8. The van der Waals surface area contributed by atoms with Gasteiger partial charge in [-0.1, -0.05) is 37.3 Å². The number of aryl methyl sites for hydroxylation is 3. The summed E-state index contributed by atoms with van der Waals surface area (Å²) in [7, 11) is 0. The Bertz CT molecular complexity index is 1000. The van der Waals surface area contributed by atoms with Gasteiger partial charge in [-0.15, -0.1) is 0 Å². The first-order valence-electron chi connectivity index (χ1n) is 8.20. The molecule has 0 saturated heterocycles. The first kappa shape index (κ1) is 14.1. The standard InChI is InChI=1S/C22H20N/c1-4-16-12-19(17-10-14(2)9-15(3)11-17)22-20(13-16)18-7-5-6-8-21(18)23-22/h5-8,10-13,23H,4H2,1-3H3. The third-order valence-electron chi connectivity index (χ3n) is 4.53. The average Bonchev–Trinajstić information content (AvgIpc) is 2.91. The van der Waals surface area contributed by atoms with Crippen LogP contribution in [0.25, 0.3) is 32.9 Å². The van der Waals surface area contributed by atoms with Gasteiger partial charge in [0.1, 0.15) is 0 Å². The number of aromatic nitrogens is 1. The van der Waals surface area contributed by atoms with Gasteiger partial charge in [-0.25, -0.2) is 0 Å². The van der Waals surface area contributed by atoms with Crippen LogP contribution in [0.5, 0.6) is 0 Å². The van der Waals surface area contributed by atoms with Gasteiger partial charge in [0, 0.05) is 21.9 Å². The Morgan fingerprint density at radius 1 is 0.913 bits per heavy atom. The fourth-order valence-electron chi connectivity index (χ4n) is 3.49. The third-order valence-corrected chi connectivity index (χ3v) is 4.53. The fourth-order valence-corrected chi connectivity index (χ4v) is 3.49. The van der Waals surface area contributed by atoms with Gasteiger partial charge in [-0.2, -0.15) is 0 Å². The molecule has 0 fully saturated rings. The SMILES string of the molecule is CCc1cc(-c2cc(C)[c]c(C)c2)c2[nH]c3ccccc3c2c1. The number of rotatable bonds is 2. The summed E-state index contributed by atoms with van der Waals surface area (Å²) >= 11 is 0. The van der Waals surface area contributed by atoms with Gasteiger partial charge in [-0.3, -0.25) is 0 Å². The van der Waals surface area contributed by atoms with Gasteiger partial charge in [0.15, 0.2) is 0 Å². The largest absolute Gasteiger partial charge is 0.354 e. The lowest BCUT2D eigenvalue weighted by molar-refractivity contribution is 1.15. The van der Waals surface area contributed by atoms with E-state index in [1.807, 2.05) is 0 Å². The molecule has 0 atom stereocenters. The molecule has 1 heterocycles. The van der Waals surface area contributed by atoms with Crippen LogP contribution in [0.2, 0.25) is 0 Å². The maximum absolute atomic E-state index is 3.63. The number of fused-ring (bicyclic) bond motifs is 3. The van der Waals surface area contributed by atoms with Crippen molar-refractivity contribution in [3.63, 3.8) is 0 Å². The van der Waals surface area contributed by atoms with E-state index < -0.39 is 0 Å². The summed E-state index contributed by atoms with van der Waals surface area (Å²) in [5, 5.41) is 2.62. The molecule has 113 valence electrons. The highest BCUT2D eigenvalue weighted by atomic mass is 14.7. The van der Waals surface area contributed by atoms with Crippen LogP contribution in [-0.2, 0) is 6.42 Å². The van der Waals surface area contributed by atoms with Crippen molar-refractivity contribution in [2.45, 2.75) is 27.2 Å². The quantitative estimate of drug-likeness (QED) is 0.469. The maximum Gasteiger partial charge on any atom is 0.0544 e. The van der Waals surface area contributed by atoms with Crippen molar-refractivity contribution in [2.24, 2.45) is 0 Å². The molecule has 23 heavy (non-hydrogen) atoms. The molecule has 3 aromatic carbocycles. The second-order valence-corrected chi connectivity index (χ2v) is 6.33. The molecule has 0 bridgehead atoms. The molecule has 1 heteroatoms. The van der Waals surface area contributed by atoms with E-state index in [4.69, 9.17) is 0 Å². The molecular weight excluding hydrogens is 278 g/mol. The molecule has 1 N–H and O–H groups in total. The number of aromatic amines is 1. The van der Waals surface area contributed by atoms with Gasteiger partial charge < -0.3 is 4.98 Å². The Hall–Kier alpha value is -2.54. The minimum absolute atomic E-state index is 1.04. The monoisotopic (exact) mass is 298 g/mol. The lowest BCUT2D eigenvalue weighted by atomic mass is 9.95. The smallest absolute Gasteiger partial charge is 0.0544 e. The van der Waals surface area contributed by atoms with Crippen molar-refractivity contribution >= 4 is 21.8 Å². The van der Waals surface area contributed by atoms with E-state index >= 15 is 0 Å². The van der Waals surface area contributed by atoms with Gasteiger partial charge in [0.05, 0.1) is 5.52 Å². The maximum atomic E-state index is 3.63. The molecule has 1 aromatic heterocycles. The van der Waals surface area contributed by atoms with Crippen molar-refractivity contribution < 1.29 is 0 Å². The number of hydrogen-bond acceptors (Lipinski definition) is 0. The molecule has 0 aliphatic rings. The van der Waals surface area contributed by atoms with Gasteiger partial charge >= 0.3 is 0 Å². The van der Waals surface area contributed by atoms with Gasteiger partial charge in [0.2, 0.25) is 0 Å². The van der Waals surface area contributed by atoms with E-state index in [9.17, 15) is 0 Å². The second-order valence-electron chi connectivity index (χ2n) is 6.33. The molecule has 0 spiro atoms. The zero-order chi connectivity index (χ0) is 16.0. The lowest BCUT2D eigenvalue weighted by Crippen LogP contribution is -1.88. The summed E-state index contributed by atoms with van der Waals surface area (Å²) in [4.78, 5) is 3.63. The summed E-state index contributed by atoms with van der Waals surface area (Å²) in [6.45, 7) is 6.44. The number of benzene rings is 3. The van der Waals surface area contributed by atoms with Crippen LogP contribution in [0.15, 0.2) is 48.5 Å². The molecule has 1 radical (unpaired) electrons. The molecule has 0 aliphatic heterocycles. The molecule has 0 saturated carbocycles. The first-order valence-corrected chi connectivity index (χ1v) is 8.20. The zero-order valence-corrected chi connectivity index (χ0v) is 13.8. The van der Waals surface area contributed by atoms with E-state index in [-0.39, 0.29) is 0 Å². The van der Waals surface area contributed by atoms with Crippen LogP contribution in [0.4, 0.5) is 0 Å². The number of hydrogen-bond donors (Lipinski definition) is 1. The van der Waals surface area contributed by atoms with Crippen molar-refractivity contribution in [3.05, 3.63) is 71.3 Å². The average molecular weight is 298 g/mol. The Balaban J connectivity index is 2.12. The summed E-state index contributed by atoms with van der Waals surface area (Å²) in [5.41, 5.74) is 8.74. The second kappa shape index (κ2) is 5.27. The van der Waals surface area contributed by atoms with Gasteiger partial charge in [-0.05, 0) is 66.8 Å². The molecular formula is C22H20N. The van der Waals surface area contributed by atoms with Crippen LogP contribution in [0.1, 0.15) is 23.6 Å². The molecule has 0 unspecified atom stereocenters. The normalized spacial score (nSPS) is 11.4. The van der Waals surface area contributed by atoms with E-state index in [1.54, 1.807) is 0 Å². The van der Waals surface area contributed by atoms with E-state index in [0.717, 1.165) is 6.42 Å². The van der Waals surface area contributed by atoms with Crippen molar-refractivity contribution in [1.29, 1.82) is 0 Å². The Labute approximate surface area is 137 Å². The van der Waals surface area contributed by atoms with Crippen molar-refractivity contribution in [1.82, 2.24) is 4.98 Å². The summed E-state index contributed by atoms with van der Waals surface area (Å²) in [6, 6.07) is 21.0. The van der Waals surface area contributed by atoms with E-state index in [2.05, 4.69) is 80.4 Å². The van der Waals surface area contributed by atoms with Crippen LogP contribution in [0.3, 0.4) is 0 Å². The first-order chi connectivity index (χ1) is 11.2. The van der Waals surface area contributed by atoms with Crippen molar-refractivity contribution in [3.8, 4) is 11.1 Å². The Morgan fingerprint density at radius 3 is 2.39 bits per heavy atom. The number of nitrogens with one attached hydrogen (secondary N) is 1. The summed E-state index contributed by atoms with van der Waals surface area (Å²) in [6.07, 6.45) is 1.04. The van der Waals surface area contributed by atoms with Crippen LogP contribution in [0, 0.1) is 19.9 Å². The highest BCUT2D eigenvalue weighted by Gasteiger charge is 2.12. The number of H-pyrrole nitrogens is 1. The van der Waals surface area contributed by atoms with E-state index in [1.165, 1.54) is 49.6 Å². The fraction of sp³-hybridized carbons (Fsp3) is 0.182. The third kappa shape index (κ3) is 2.33. The minimum Gasteiger partial charge on any atom is -0.354 e. The molecule has 0 amide bonds. The van der Waals surface area contributed by atoms with E-state index in [0.29, 0.717) is 0 Å². The molecule has 1 nitrogen and oxygen atoms in total. The van der Waals surface area contributed by atoms with Crippen LogP contribution in [-0.4, -0.2) is 4.98 Å². The van der Waals surface area contributed by atoms with Gasteiger partial charge in [0.25, 0.3) is 0 Å². The Kier molecular flexibility index (Phi) is 3.23. The van der Waals surface area contributed by atoms with Crippen LogP contribution >= 0.6 is 0 Å².